The molecule has 2 aliphatic heterocycles. The van der Waals surface area contributed by atoms with E-state index in [1.807, 2.05) is 19.9 Å². The quantitative estimate of drug-likeness (QED) is 0.819. The fourth-order valence-electron chi connectivity index (χ4n) is 3.21. The molecule has 25 heavy (non-hydrogen) atoms. The summed E-state index contributed by atoms with van der Waals surface area (Å²) in [5, 5.41) is 6.71. The molecule has 0 aromatic heterocycles. The molecule has 2 aromatic carbocycles. The Kier molecular flexibility index (Phi) is 9.03. The summed E-state index contributed by atoms with van der Waals surface area (Å²) in [7, 11) is 0. The first-order chi connectivity index (χ1) is 12.4. The van der Waals surface area contributed by atoms with Gasteiger partial charge < -0.3 is 10.6 Å². The van der Waals surface area contributed by atoms with Crippen molar-refractivity contribution in [1.82, 2.24) is 10.6 Å². The third-order valence-electron chi connectivity index (χ3n) is 4.52. The summed E-state index contributed by atoms with van der Waals surface area (Å²) in [6.07, 6.45) is 4.91. The van der Waals surface area contributed by atoms with E-state index in [-0.39, 0.29) is 0 Å². The molecule has 0 saturated carbocycles. The number of hydrogen-bond donors (Lipinski definition) is 2. The van der Waals surface area contributed by atoms with Crippen LogP contribution in [0.2, 0.25) is 0 Å². The van der Waals surface area contributed by atoms with Gasteiger partial charge in [0, 0.05) is 19.6 Å². The summed E-state index contributed by atoms with van der Waals surface area (Å²) in [4.78, 5) is 0. The van der Waals surface area contributed by atoms with Crippen molar-refractivity contribution in [1.29, 1.82) is 0 Å². The topological polar surface area (TPSA) is 24.1 Å². The highest BCUT2D eigenvalue weighted by atomic mass is 14.9. The molecule has 0 amide bonds. The van der Waals surface area contributed by atoms with Crippen LogP contribution in [0.15, 0.2) is 66.7 Å². The van der Waals surface area contributed by atoms with E-state index in [0.29, 0.717) is 0 Å². The van der Waals surface area contributed by atoms with E-state index in [1.165, 1.54) is 36.1 Å². The Labute approximate surface area is 153 Å². The van der Waals surface area contributed by atoms with Crippen molar-refractivity contribution < 1.29 is 0 Å². The van der Waals surface area contributed by atoms with Crippen molar-refractivity contribution in [2.75, 3.05) is 26.2 Å². The fraction of sp³-hybridized carbons (Fsp3) is 0.391. The van der Waals surface area contributed by atoms with E-state index in [2.05, 4.69) is 71.3 Å². The lowest BCUT2D eigenvalue weighted by molar-refractivity contribution is 0.461. The molecule has 2 heterocycles. The van der Waals surface area contributed by atoms with Gasteiger partial charge in [-0.05, 0) is 42.0 Å². The second-order valence-electron chi connectivity index (χ2n) is 6.18. The fourth-order valence-corrected chi connectivity index (χ4v) is 3.21. The van der Waals surface area contributed by atoms with Gasteiger partial charge in [-0.3, -0.25) is 0 Å². The van der Waals surface area contributed by atoms with Gasteiger partial charge >= 0.3 is 0 Å². The maximum atomic E-state index is 3.43. The van der Waals surface area contributed by atoms with E-state index < -0.39 is 0 Å². The van der Waals surface area contributed by atoms with Crippen LogP contribution in [0.3, 0.4) is 0 Å². The van der Waals surface area contributed by atoms with Crippen molar-refractivity contribution in [2.24, 2.45) is 0 Å². The molecule has 134 valence electrons. The smallest absolute Gasteiger partial charge is 0.0211 e. The molecule has 2 N–H and O–H groups in total. The normalized spacial score (nSPS) is 19.0. The van der Waals surface area contributed by atoms with Gasteiger partial charge in [0.05, 0.1) is 0 Å². The number of benzene rings is 2. The zero-order chi connectivity index (χ0) is 17.7. The van der Waals surface area contributed by atoms with E-state index >= 15 is 0 Å². The van der Waals surface area contributed by atoms with Crippen LogP contribution in [-0.2, 0) is 0 Å². The van der Waals surface area contributed by atoms with Crippen molar-refractivity contribution in [2.45, 2.75) is 32.6 Å². The predicted molar refractivity (Wildman–Crippen MR) is 110 cm³/mol. The molecule has 2 nitrogen and oxygen atoms in total. The summed E-state index contributed by atoms with van der Waals surface area (Å²) in [6.45, 7) is 8.39. The van der Waals surface area contributed by atoms with E-state index in [4.69, 9.17) is 0 Å². The Hall–Kier alpha value is -1.90. The molecule has 2 aromatic rings. The molecule has 4 rings (SSSR count). The summed E-state index contributed by atoms with van der Waals surface area (Å²) in [5.41, 5.74) is 4.26. The van der Waals surface area contributed by atoms with Crippen LogP contribution in [0.5, 0.6) is 0 Å². The molecular weight excluding hydrogens is 304 g/mol. The van der Waals surface area contributed by atoms with Crippen molar-refractivity contribution in [3.63, 3.8) is 0 Å². The molecule has 0 bridgehead atoms. The number of rotatable bonds is 2. The molecule has 0 spiro atoms. The molecule has 1 fully saturated rings. The van der Waals surface area contributed by atoms with Crippen molar-refractivity contribution in [3.8, 4) is 0 Å². The minimum Gasteiger partial charge on any atom is -0.316 e. The monoisotopic (exact) mass is 336 g/mol. The van der Waals surface area contributed by atoms with E-state index in [0.717, 1.165) is 25.6 Å². The summed E-state index contributed by atoms with van der Waals surface area (Å²) < 4.78 is 0. The van der Waals surface area contributed by atoms with Gasteiger partial charge in [0.15, 0.2) is 0 Å². The van der Waals surface area contributed by atoms with Crippen molar-refractivity contribution >= 4 is 5.57 Å². The SMILES string of the molecule is C1=C(c2ccccc2)CNC1.CC.c1ccc(C2CCCNC2)cc1. The van der Waals surface area contributed by atoms with Gasteiger partial charge in [0.1, 0.15) is 0 Å². The van der Waals surface area contributed by atoms with Gasteiger partial charge in [-0.25, -0.2) is 0 Å². The van der Waals surface area contributed by atoms with Crippen LogP contribution < -0.4 is 10.6 Å². The second-order valence-corrected chi connectivity index (χ2v) is 6.18. The third-order valence-corrected chi connectivity index (χ3v) is 4.52. The molecule has 1 atom stereocenters. The molecule has 2 aliphatic rings. The van der Waals surface area contributed by atoms with E-state index in [9.17, 15) is 0 Å². The molecule has 2 heteroatoms. The largest absolute Gasteiger partial charge is 0.316 e. The highest BCUT2D eigenvalue weighted by molar-refractivity contribution is 5.68. The second kappa shape index (κ2) is 11.6. The molecule has 0 aliphatic carbocycles. The molecule has 1 saturated heterocycles. The average Bonchev–Trinajstić information content (AvgIpc) is 3.27. The minimum absolute atomic E-state index is 0.750. The van der Waals surface area contributed by atoms with Gasteiger partial charge in [-0.15, -0.1) is 0 Å². The Balaban J connectivity index is 0.000000165. The Morgan fingerprint density at radius 3 is 2.08 bits per heavy atom. The highest BCUT2D eigenvalue weighted by Gasteiger charge is 2.13. The first kappa shape index (κ1) is 19.4. The summed E-state index contributed by atoms with van der Waals surface area (Å²) >= 11 is 0. The Morgan fingerprint density at radius 2 is 1.52 bits per heavy atom. The van der Waals surface area contributed by atoms with Gasteiger partial charge in [-0.1, -0.05) is 80.6 Å². The van der Waals surface area contributed by atoms with Gasteiger partial charge in [0.2, 0.25) is 0 Å². The lowest BCUT2D eigenvalue weighted by Gasteiger charge is -2.22. The number of piperidine rings is 1. The first-order valence-corrected chi connectivity index (χ1v) is 9.64. The van der Waals surface area contributed by atoms with Crippen LogP contribution in [0.25, 0.3) is 5.57 Å². The van der Waals surface area contributed by atoms with Gasteiger partial charge in [0.25, 0.3) is 0 Å². The Bertz CT molecular complexity index is 599. The number of hydrogen-bond acceptors (Lipinski definition) is 2. The average molecular weight is 337 g/mol. The highest BCUT2D eigenvalue weighted by Crippen LogP contribution is 2.22. The third kappa shape index (κ3) is 6.49. The van der Waals surface area contributed by atoms with Gasteiger partial charge in [-0.2, -0.15) is 0 Å². The van der Waals surface area contributed by atoms with E-state index in [1.54, 1.807) is 0 Å². The molecular formula is C23H32N2. The van der Waals surface area contributed by atoms with Crippen molar-refractivity contribution in [3.05, 3.63) is 77.9 Å². The zero-order valence-electron chi connectivity index (χ0n) is 15.7. The lowest BCUT2D eigenvalue weighted by Crippen LogP contribution is -2.28. The number of nitrogens with one attached hydrogen (secondary N) is 2. The molecule has 0 radical (unpaired) electrons. The molecule has 1 unspecified atom stereocenters. The lowest BCUT2D eigenvalue weighted by atomic mass is 9.92. The van der Waals surface area contributed by atoms with Crippen LogP contribution in [-0.4, -0.2) is 26.2 Å². The maximum absolute atomic E-state index is 3.43. The predicted octanol–water partition coefficient (Wildman–Crippen LogP) is 4.85. The summed E-state index contributed by atoms with van der Waals surface area (Å²) in [5.74, 6) is 0.750. The van der Waals surface area contributed by atoms with Crippen LogP contribution in [0.4, 0.5) is 0 Å². The maximum Gasteiger partial charge on any atom is 0.0211 e. The minimum atomic E-state index is 0.750. The van der Waals surface area contributed by atoms with Crippen LogP contribution >= 0.6 is 0 Å². The Morgan fingerprint density at radius 1 is 0.840 bits per heavy atom. The van der Waals surface area contributed by atoms with Crippen LogP contribution in [0, 0.1) is 0 Å². The zero-order valence-corrected chi connectivity index (χ0v) is 15.7. The first-order valence-electron chi connectivity index (χ1n) is 9.64. The van der Waals surface area contributed by atoms with Crippen LogP contribution in [0.1, 0.15) is 43.7 Å². The summed E-state index contributed by atoms with van der Waals surface area (Å²) in [6, 6.07) is 21.3. The standard InChI is InChI=1S/C11H15N.C10H11N.C2H6/c1-2-5-10(6-3-1)11-7-4-8-12-9-11;1-2-4-9(5-3-1)10-6-7-11-8-10;1-2/h1-3,5-6,11-12H,4,7-9H2;1-6,11H,7-8H2;1-2H3.